The quantitative estimate of drug-likeness (QED) is 0.476. The maximum atomic E-state index is 12.6. The van der Waals surface area contributed by atoms with Gasteiger partial charge < -0.3 is 21.3 Å². The summed E-state index contributed by atoms with van der Waals surface area (Å²) < 4.78 is 0. The maximum Gasteiger partial charge on any atom is 0.274 e. The van der Waals surface area contributed by atoms with Crippen LogP contribution in [-0.4, -0.2) is 42.7 Å². The molecule has 4 amide bonds. The van der Waals surface area contributed by atoms with Gasteiger partial charge in [0.25, 0.3) is 23.6 Å². The van der Waals surface area contributed by atoms with Crippen molar-refractivity contribution in [2.45, 2.75) is 0 Å². The molecule has 0 unspecified atom stereocenters. The molecule has 0 fully saturated rings. The number of pyridine rings is 1. The van der Waals surface area contributed by atoms with Gasteiger partial charge in [0.15, 0.2) is 0 Å². The number of hydrogen-bond donors (Lipinski definition) is 4. The summed E-state index contributed by atoms with van der Waals surface area (Å²) in [7, 11) is 3.03. The molecule has 162 valence electrons. The number of nitrogens with zero attached hydrogens (tertiary/aromatic N) is 1. The smallest absolute Gasteiger partial charge is 0.274 e. The SMILES string of the molecule is CNC(=O)c1cccc(NC(=O)c2cccc(C(=O)Nc3cccc(C(=O)NC)c3)n2)c1. The first-order chi connectivity index (χ1) is 15.4. The lowest BCUT2D eigenvalue weighted by molar-refractivity contribution is 0.0955. The minimum absolute atomic E-state index is 0.0297. The van der Waals surface area contributed by atoms with Gasteiger partial charge in [0.05, 0.1) is 0 Å². The maximum absolute atomic E-state index is 12.6. The van der Waals surface area contributed by atoms with Crippen molar-refractivity contribution in [1.29, 1.82) is 0 Å². The monoisotopic (exact) mass is 431 g/mol. The molecule has 0 saturated carbocycles. The molecule has 9 heteroatoms. The van der Waals surface area contributed by atoms with Crippen molar-refractivity contribution in [3.05, 3.63) is 89.2 Å². The first-order valence-corrected chi connectivity index (χ1v) is 9.65. The molecular formula is C23H21N5O4. The van der Waals surface area contributed by atoms with Crippen molar-refractivity contribution in [3.8, 4) is 0 Å². The fraction of sp³-hybridized carbons (Fsp3) is 0.0870. The highest BCUT2D eigenvalue weighted by Crippen LogP contribution is 2.14. The normalized spacial score (nSPS) is 10.1. The lowest BCUT2D eigenvalue weighted by Gasteiger charge is -2.09. The third-order valence-electron chi connectivity index (χ3n) is 4.43. The van der Waals surface area contributed by atoms with Gasteiger partial charge in [-0.15, -0.1) is 0 Å². The molecule has 2 aromatic carbocycles. The molecule has 9 nitrogen and oxygen atoms in total. The number of carbonyl (C=O) groups is 4. The van der Waals surface area contributed by atoms with E-state index >= 15 is 0 Å². The van der Waals surface area contributed by atoms with Gasteiger partial charge in [0.1, 0.15) is 11.4 Å². The molecule has 3 aromatic rings. The number of aromatic nitrogens is 1. The van der Waals surface area contributed by atoms with Gasteiger partial charge in [-0.1, -0.05) is 18.2 Å². The Labute approximate surface area is 184 Å². The Morgan fingerprint density at radius 2 is 1.00 bits per heavy atom. The summed E-state index contributed by atoms with van der Waals surface area (Å²) in [6.07, 6.45) is 0. The van der Waals surface area contributed by atoms with Gasteiger partial charge in [-0.25, -0.2) is 4.98 Å². The Morgan fingerprint density at radius 1 is 0.594 bits per heavy atom. The molecule has 3 rings (SSSR count). The van der Waals surface area contributed by atoms with Crippen LogP contribution in [0.5, 0.6) is 0 Å². The molecule has 0 radical (unpaired) electrons. The molecule has 0 spiro atoms. The Balaban J connectivity index is 1.73. The van der Waals surface area contributed by atoms with Crippen LogP contribution in [0.3, 0.4) is 0 Å². The highest BCUT2D eigenvalue weighted by molar-refractivity contribution is 6.07. The number of anilines is 2. The van der Waals surface area contributed by atoms with Crippen LogP contribution < -0.4 is 21.3 Å². The number of rotatable bonds is 6. The predicted octanol–water partition coefficient (Wildman–Crippen LogP) is 2.31. The number of nitrogens with one attached hydrogen (secondary N) is 4. The molecule has 0 atom stereocenters. The van der Waals surface area contributed by atoms with Crippen LogP contribution in [0.15, 0.2) is 66.7 Å². The van der Waals surface area contributed by atoms with E-state index in [1.54, 1.807) is 42.5 Å². The summed E-state index contributed by atoms with van der Waals surface area (Å²) in [5.74, 6) is -1.62. The summed E-state index contributed by atoms with van der Waals surface area (Å²) in [6.45, 7) is 0. The fourth-order valence-corrected chi connectivity index (χ4v) is 2.84. The summed E-state index contributed by atoms with van der Waals surface area (Å²) in [5, 5.41) is 10.4. The minimum Gasteiger partial charge on any atom is -0.355 e. The molecule has 1 aromatic heterocycles. The van der Waals surface area contributed by atoms with Gasteiger partial charge in [-0.05, 0) is 48.5 Å². The van der Waals surface area contributed by atoms with Crippen molar-refractivity contribution < 1.29 is 19.2 Å². The van der Waals surface area contributed by atoms with E-state index in [9.17, 15) is 19.2 Å². The van der Waals surface area contributed by atoms with Crippen molar-refractivity contribution in [2.24, 2.45) is 0 Å². The van der Waals surface area contributed by atoms with E-state index in [0.717, 1.165) is 0 Å². The minimum atomic E-state index is -0.532. The van der Waals surface area contributed by atoms with E-state index < -0.39 is 11.8 Å². The zero-order valence-electron chi connectivity index (χ0n) is 17.4. The van der Waals surface area contributed by atoms with Gasteiger partial charge in [-0.2, -0.15) is 0 Å². The number of benzene rings is 2. The van der Waals surface area contributed by atoms with Crippen molar-refractivity contribution in [1.82, 2.24) is 15.6 Å². The fourth-order valence-electron chi connectivity index (χ4n) is 2.84. The highest BCUT2D eigenvalue weighted by atomic mass is 16.2. The molecular weight excluding hydrogens is 410 g/mol. The van der Waals surface area contributed by atoms with E-state index in [4.69, 9.17) is 0 Å². The van der Waals surface area contributed by atoms with Crippen molar-refractivity contribution in [3.63, 3.8) is 0 Å². The molecule has 32 heavy (non-hydrogen) atoms. The molecule has 0 aliphatic heterocycles. The second-order valence-corrected chi connectivity index (χ2v) is 6.64. The number of carbonyl (C=O) groups excluding carboxylic acids is 4. The first kappa shape index (κ1) is 22.2. The zero-order valence-corrected chi connectivity index (χ0v) is 17.4. The van der Waals surface area contributed by atoms with E-state index in [1.807, 2.05) is 0 Å². The number of hydrogen-bond acceptors (Lipinski definition) is 5. The average Bonchev–Trinajstić information content (AvgIpc) is 2.83. The van der Waals surface area contributed by atoms with Crippen molar-refractivity contribution in [2.75, 3.05) is 24.7 Å². The van der Waals surface area contributed by atoms with Crippen LogP contribution in [0, 0.1) is 0 Å². The average molecular weight is 431 g/mol. The summed E-state index contributed by atoms with van der Waals surface area (Å²) >= 11 is 0. The second-order valence-electron chi connectivity index (χ2n) is 6.64. The standard InChI is InChI=1S/C23H21N5O4/c1-24-20(29)14-6-3-8-16(12-14)26-22(31)18-10-5-11-19(28-18)23(32)27-17-9-4-7-15(13-17)21(30)25-2/h3-13H,1-2H3,(H,24,29)(H,25,30)(H,26,31)(H,27,32). The summed E-state index contributed by atoms with van der Waals surface area (Å²) in [5.41, 5.74) is 1.68. The zero-order chi connectivity index (χ0) is 23.1. The topological polar surface area (TPSA) is 129 Å². The molecule has 1 heterocycles. The molecule has 0 aliphatic rings. The third kappa shape index (κ3) is 5.33. The second kappa shape index (κ2) is 9.98. The van der Waals surface area contributed by atoms with E-state index in [1.165, 1.54) is 38.4 Å². The summed E-state index contributed by atoms with van der Waals surface area (Å²) in [6, 6.07) is 17.4. The van der Waals surface area contributed by atoms with Crippen LogP contribution in [0.25, 0.3) is 0 Å². The van der Waals surface area contributed by atoms with Crippen molar-refractivity contribution >= 4 is 35.0 Å². The molecule has 0 bridgehead atoms. The largest absolute Gasteiger partial charge is 0.355 e. The predicted molar refractivity (Wildman–Crippen MR) is 120 cm³/mol. The van der Waals surface area contributed by atoms with E-state index in [2.05, 4.69) is 26.3 Å². The number of amides is 4. The van der Waals surface area contributed by atoms with Crippen LogP contribution >= 0.6 is 0 Å². The molecule has 0 saturated heterocycles. The lowest BCUT2D eigenvalue weighted by Crippen LogP contribution is -2.20. The van der Waals surface area contributed by atoms with Gasteiger partial charge in [-0.3, -0.25) is 19.2 Å². The molecule has 0 aliphatic carbocycles. The van der Waals surface area contributed by atoms with Gasteiger partial charge in [0, 0.05) is 36.6 Å². The Hall–Kier alpha value is -4.53. The van der Waals surface area contributed by atoms with Crippen LogP contribution in [0.4, 0.5) is 11.4 Å². The Bertz CT molecular complexity index is 1100. The van der Waals surface area contributed by atoms with E-state index in [0.29, 0.717) is 22.5 Å². The Morgan fingerprint density at radius 3 is 1.41 bits per heavy atom. The molecule has 4 N–H and O–H groups in total. The van der Waals surface area contributed by atoms with Gasteiger partial charge >= 0.3 is 0 Å². The van der Waals surface area contributed by atoms with Crippen LogP contribution in [0.1, 0.15) is 41.7 Å². The Kier molecular flexibility index (Phi) is 6.92. The third-order valence-corrected chi connectivity index (χ3v) is 4.43. The van der Waals surface area contributed by atoms with Crippen LogP contribution in [0.2, 0.25) is 0 Å². The van der Waals surface area contributed by atoms with E-state index in [-0.39, 0.29) is 23.2 Å². The van der Waals surface area contributed by atoms with Gasteiger partial charge in [0.2, 0.25) is 0 Å². The highest BCUT2D eigenvalue weighted by Gasteiger charge is 2.14. The van der Waals surface area contributed by atoms with Crippen LogP contribution in [-0.2, 0) is 0 Å². The lowest BCUT2D eigenvalue weighted by atomic mass is 10.2. The first-order valence-electron chi connectivity index (χ1n) is 9.65. The summed E-state index contributed by atoms with van der Waals surface area (Å²) in [4.78, 5) is 52.9.